The molecule has 1 aliphatic heterocycles. The molecule has 0 aliphatic carbocycles. The van der Waals surface area contributed by atoms with Gasteiger partial charge in [0.2, 0.25) is 5.91 Å². The Labute approximate surface area is 221 Å². The Hall–Kier alpha value is -2.81. The third-order valence-electron chi connectivity index (χ3n) is 6.18. The van der Waals surface area contributed by atoms with Gasteiger partial charge in [-0.25, -0.2) is 9.18 Å². The van der Waals surface area contributed by atoms with Gasteiger partial charge in [0.15, 0.2) is 11.6 Å². The summed E-state index contributed by atoms with van der Waals surface area (Å²) in [6.45, 7) is 12.6. The van der Waals surface area contributed by atoms with Crippen LogP contribution >= 0.6 is 0 Å². The van der Waals surface area contributed by atoms with E-state index in [-0.39, 0.29) is 23.8 Å². The molecule has 0 aromatic heterocycles. The summed E-state index contributed by atoms with van der Waals surface area (Å²) in [4.78, 5) is 26.4. The van der Waals surface area contributed by atoms with E-state index in [0.717, 1.165) is 51.7 Å². The van der Waals surface area contributed by atoms with E-state index in [4.69, 9.17) is 9.47 Å². The first-order valence-corrected chi connectivity index (χ1v) is 13.3. The van der Waals surface area contributed by atoms with Crippen LogP contribution < -0.4 is 20.7 Å². The van der Waals surface area contributed by atoms with Crippen LogP contribution in [-0.2, 0) is 9.53 Å². The lowest BCUT2D eigenvalue weighted by molar-refractivity contribution is -0.121. The minimum Gasteiger partial charge on any atom is -0.491 e. The predicted octanol–water partition coefficient (Wildman–Crippen LogP) is 4.86. The Bertz CT molecular complexity index is 866. The number of alkyl carbamates (subject to hydrolysis) is 1. The van der Waals surface area contributed by atoms with Crippen molar-refractivity contribution in [1.82, 2.24) is 15.5 Å². The standard InChI is InChI=1S/C28H45FN4O4/c1-6-7-11-24(26(34)30-5)31-22-12-13-25(23(29)20-22)36-19-10-8-9-16-33-17-14-21(15-18-33)32-27(35)37-28(2,3)4/h6,12-13,20-21,24,31H,1,7-11,14-19H2,2-5H3,(H,30,34)(H,32,35). The van der Waals surface area contributed by atoms with Crippen molar-refractivity contribution in [2.75, 3.05) is 38.6 Å². The van der Waals surface area contributed by atoms with Crippen LogP contribution in [0.15, 0.2) is 30.9 Å². The van der Waals surface area contributed by atoms with E-state index in [9.17, 15) is 14.0 Å². The molecule has 0 spiro atoms. The quantitative estimate of drug-likeness (QED) is 0.240. The third kappa shape index (κ3) is 11.9. The average Bonchev–Trinajstić information content (AvgIpc) is 2.84. The molecule has 0 saturated carbocycles. The number of hydrogen-bond donors (Lipinski definition) is 3. The molecule has 1 aromatic rings. The predicted molar refractivity (Wildman–Crippen MR) is 145 cm³/mol. The van der Waals surface area contributed by atoms with Crippen LogP contribution in [0.3, 0.4) is 0 Å². The van der Waals surface area contributed by atoms with Crippen LogP contribution in [0.4, 0.5) is 14.9 Å². The topological polar surface area (TPSA) is 91.9 Å². The number of likely N-dealkylation sites (tertiary alicyclic amines) is 1. The van der Waals surface area contributed by atoms with Crippen LogP contribution in [0.25, 0.3) is 0 Å². The molecule has 3 N–H and O–H groups in total. The molecule has 1 aromatic carbocycles. The van der Waals surface area contributed by atoms with Gasteiger partial charge in [-0.05, 0) is 84.4 Å². The lowest BCUT2D eigenvalue weighted by Gasteiger charge is -2.32. The molecular formula is C28H45FN4O4. The second-order valence-corrected chi connectivity index (χ2v) is 10.5. The summed E-state index contributed by atoms with van der Waals surface area (Å²) in [6.07, 6.45) is 7.39. The molecule has 37 heavy (non-hydrogen) atoms. The van der Waals surface area contributed by atoms with Gasteiger partial charge < -0.3 is 30.3 Å². The normalized spacial score (nSPS) is 15.5. The second kappa shape index (κ2) is 15.4. The van der Waals surface area contributed by atoms with Gasteiger partial charge in [0.25, 0.3) is 0 Å². The number of amides is 2. The molecule has 0 radical (unpaired) electrons. The molecular weight excluding hydrogens is 475 g/mol. The number of allylic oxidation sites excluding steroid dienone is 1. The zero-order valence-electron chi connectivity index (χ0n) is 22.9. The highest BCUT2D eigenvalue weighted by Gasteiger charge is 2.23. The molecule has 2 amide bonds. The fourth-order valence-corrected chi connectivity index (χ4v) is 4.21. The van der Waals surface area contributed by atoms with Crippen molar-refractivity contribution in [2.45, 2.75) is 83.4 Å². The largest absolute Gasteiger partial charge is 0.491 e. The van der Waals surface area contributed by atoms with Gasteiger partial charge in [-0.2, -0.15) is 0 Å². The number of benzene rings is 1. The zero-order valence-corrected chi connectivity index (χ0v) is 22.9. The summed E-state index contributed by atoms with van der Waals surface area (Å²) in [6, 6.07) is 4.39. The number of carbonyl (C=O) groups excluding carboxylic acids is 2. The number of likely N-dealkylation sites (N-methyl/N-ethyl adjacent to an activating group) is 1. The van der Waals surface area contributed by atoms with Gasteiger partial charge in [0, 0.05) is 37.9 Å². The van der Waals surface area contributed by atoms with Gasteiger partial charge in [-0.15, -0.1) is 6.58 Å². The lowest BCUT2D eigenvalue weighted by atomic mass is 10.0. The Morgan fingerprint density at radius 2 is 1.95 bits per heavy atom. The van der Waals surface area contributed by atoms with Gasteiger partial charge >= 0.3 is 6.09 Å². The minimum atomic E-state index is -0.483. The summed E-state index contributed by atoms with van der Waals surface area (Å²) < 4.78 is 25.5. The van der Waals surface area contributed by atoms with Crippen LogP contribution in [0.5, 0.6) is 5.75 Å². The van der Waals surface area contributed by atoms with E-state index in [1.54, 1.807) is 25.3 Å². The Morgan fingerprint density at radius 1 is 1.22 bits per heavy atom. The van der Waals surface area contributed by atoms with Crippen molar-refractivity contribution in [3.8, 4) is 5.75 Å². The number of carbonyl (C=O) groups is 2. The molecule has 1 atom stereocenters. The van der Waals surface area contributed by atoms with Crippen LogP contribution in [0, 0.1) is 5.82 Å². The Kier molecular flexibility index (Phi) is 12.7. The number of hydrogen-bond acceptors (Lipinski definition) is 6. The number of nitrogens with zero attached hydrogens (tertiary/aromatic N) is 1. The maximum atomic E-state index is 14.5. The van der Waals surface area contributed by atoms with Crippen molar-refractivity contribution in [1.29, 1.82) is 0 Å². The van der Waals surface area contributed by atoms with Crippen LogP contribution in [0.1, 0.15) is 65.7 Å². The molecule has 2 rings (SSSR count). The summed E-state index contributed by atoms with van der Waals surface area (Å²) >= 11 is 0. The number of unbranched alkanes of at least 4 members (excludes halogenated alkanes) is 2. The number of piperidine rings is 1. The van der Waals surface area contributed by atoms with Crippen molar-refractivity contribution in [3.63, 3.8) is 0 Å². The van der Waals surface area contributed by atoms with Crippen molar-refractivity contribution in [3.05, 3.63) is 36.7 Å². The highest BCUT2D eigenvalue weighted by molar-refractivity contribution is 5.84. The van der Waals surface area contributed by atoms with Crippen molar-refractivity contribution in [2.24, 2.45) is 0 Å². The van der Waals surface area contributed by atoms with Gasteiger partial charge in [-0.3, -0.25) is 4.79 Å². The van der Waals surface area contributed by atoms with Crippen LogP contribution in [0.2, 0.25) is 0 Å². The minimum absolute atomic E-state index is 0.149. The second-order valence-electron chi connectivity index (χ2n) is 10.5. The van der Waals surface area contributed by atoms with E-state index in [1.807, 2.05) is 20.8 Å². The maximum Gasteiger partial charge on any atom is 0.407 e. The summed E-state index contributed by atoms with van der Waals surface area (Å²) in [7, 11) is 1.58. The molecule has 9 heteroatoms. The van der Waals surface area contributed by atoms with Gasteiger partial charge in [0.05, 0.1) is 6.61 Å². The van der Waals surface area contributed by atoms with Crippen molar-refractivity contribution >= 4 is 17.7 Å². The number of anilines is 1. The molecule has 1 fully saturated rings. The van der Waals surface area contributed by atoms with E-state index < -0.39 is 17.5 Å². The smallest absolute Gasteiger partial charge is 0.407 e. The highest BCUT2D eigenvalue weighted by Crippen LogP contribution is 2.23. The fraction of sp³-hybridized carbons (Fsp3) is 0.643. The summed E-state index contributed by atoms with van der Waals surface area (Å²) in [5.41, 5.74) is 0.0522. The molecule has 1 aliphatic rings. The van der Waals surface area contributed by atoms with Crippen LogP contribution in [-0.4, -0.2) is 67.9 Å². The first kappa shape index (κ1) is 30.4. The monoisotopic (exact) mass is 520 g/mol. The van der Waals surface area contributed by atoms with Crippen molar-refractivity contribution < 1.29 is 23.5 Å². The number of halogens is 1. The Morgan fingerprint density at radius 3 is 2.57 bits per heavy atom. The molecule has 8 nitrogen and oxygen atoms in total. The molecule has 0 bridgehead atoms. The maximum absolute atomic E-state index is 14.5. The molecule has 1 saturated heterocycles. The first-order chi connectivity index (χ1) is 17.6. The van der Waals surface area contributed by atoms with Gasteiger partial charge in [-0.1, -0.05) is 6.08 Å². The first-order valence-electron chi connectivity index (χ1n) is 13.3. The number of rotatable bonds is 14. The van der Waals surface area contributed by atoms with Gasteiger partial charge in [0.1, 0.15) is 11.6 Å². The Balaban J connectivity index is 1.62. The fourth-order valence-electron chi connectivity index (χ4n) is 4.21. The third-order valence-corrected chi connectivity index (χ3v) is 6.18. The van der Waals surface area contributed by atoms with E-state index in [0.29, 0.717) is 25.1 Å². The number of ether oxygens (including phenoxy) is 2. The van der Waals surface area contributed by atoms with E-state index in [1.165, 1.54) is 6.07 Å². The zero-order chi connectivity index (χ0) is 27.3. The lowest BCUT2D eigenvalue weighted by Crippen LogP contribution is -2.46. The summed E-state index contributed by atoms with van der Waals surface area (Å²) in [5, 5.41) is 8.67. The molecule has 1 unspecified atom stereocenters. The van der Waals surface area contributed by atoms with E-state index in [2.05, 4.69) is 27.4 Å². The highest BCUT2D eigenvalue weighted by atomic mass is 19.1. The summed E-state index contributed by atoms with van der Waals surface area (Å²) in [5.74, 6) is -0.385. The average molecular weight is 521 g/mol. The van der Waals surface area contributed by atoms with E-state index >= 15 is 0 Å². The molecule has 1 heterocycles. The number of nitrogens with one attached hydrogen (secondary N) is 3. The molecule has 208 valence electrons. The SMILES string of the molecule is C=CCCC(Nc1ccc(OCCCCCN2CCC(NC(=O)OC(C)(C)C)CC2)c(F)c1)C(=O)NC.